The molecule has 2 nitrogen and oxygen atoms in total. The van der Waals surface area contributed by atoms with Crippen LogP contribution in [0.15, 0.2) is 0 Å². The summed E-state index contributed by atoms with van der Waals surface area (Å²) in [6.45, 7) is 1.72. The third kappa shape index (κ3) is 4.02. The van der Waals surface area contributed by atoms with Crippen LogP contribution in [0.25, 0.3) is 0 Å². The molecule has 0 spiro atoms. The van der Waals surface area contributed by atoms with Crippen molar-refractivity contribution in [2.24, 2.45) is 0 Å². The fourth-order valence-electron chi connectivity index (χ4n) is 1.55. The van der Waals surface area contributed by atoms with Crippen LogP contribution in [0.4, 0.5) is 4.39 Å². The molecule has 0 aliphatic carbocycles. The molecule has 1 saturated heterocycles. The number of hydrogen-bond donors (Lipinski definition) is 1. The molecule has 0 saturated carbocycles. The van der Waals surface area contributed by atoms with Gasteiger partial charge in [-0.15, -0.1) is 0 Å². The summed E-state index contributed by atoms with van der Waals surface area (Å²) in [5.41, 5.74) is 0. The van der Waals surface area contributed by atoms with Gasteiger partial charge in [-0.3, -0.25) is 0 Å². The molecule has 1 atom stereocenters. The number of hydrogen-bond acceptors (Lipinski definition) is 2. The van der Waals surface area contributed by atoms with Gasteiger partial charge in [0.25, 0.3) is 0 Å². The summed E-state index contributed by atoms with van der Waals surface area (Å²) < 4.78 is 16.7. The van der Waals surface area contributed by atoms with Crippen molar-refractivity contribution in [1.82, 2.24) is 5.32 Å². The first-order valence-corrected chi connectivity index (χ1v) is 4.80. The van der Waals surface area contributed by atoms with Gasteiger partial charge in [0, 0.05) is 12.6 Å². The lowest BCUT2D eigenvalue weighted by Gasteiger charge is -2.23. The van der Waals surface area contributed by atoms with E-state index in [1.54, 1.807) is 0 Å². The molecule has 12 heavy (non-hydrogen) atoms. The van der Waals surface area contributed by atoms with Crippen LogP contribution in [0, 0.1) is 0 Å². The Bertz CT molecular complexity index is 105. The highest BCUT2D eigenvalue weighted by atomic mass is 19.1. The van der Waals surface area contributed by atoms with Crippen molar-refractivity contribution in [3.63, 3.8) is 0 Å². The lowest BCUT2D eigenvalue weighted by molar-refractivity contribution is 0.108. The topological polar surface area (TPSA) is 21.3 Å². The van der Waals surface area contributed by atoms with Crippen LogP contribution >= 0.6 is 0 Å². The van der Waals surface area contributed by atoms with Crippen LogP contribution in [-0.2, 0) is 4.74 Å². The second-order valence-corrected chi connectivity index (χ2v) is 3.24. The molecule has 0 aromatic heterocycles. The van der Waals surface area contributed by atoms with Crippen molar-refractivity contribution in [2.45, 2.75) is 31.7 Å². The molecule has 1 fully saturated rings. The molecule has 1 heterocycles. The van der Waals surface area contributed by atoms with Gasteiger partial charge in [-0.2, -0.15) is 0 Å². The fourth-order valence-corrected chi connectivity index (χ4v) is 1.55. The zero-order chi connectivity index (χ0) is 8.65. The maximum atomic E-state index is 11.6. The number of ether oxygens (including phenoxy) is 1. The Morgan fingerprint density at radius 2 is 2.25 bits per heavy atom. The van der Waals surface area contributed by atoms with Crippen LogP contribution in [-0.4, -0.2) is 32.5 Å². The second kappa shape index (κ2) is 6.38. The normalized spacial score (nSPS) is 24.2. The van der Waals surface area contributed by atoms with Crippen LogP contribution in [0.3, 0.4) is 0 Å². The molecule has 1 rings (SSSR count). The van der Waals surface area contributed by atoms with Crippen LogP contribution < -0.4 is 5.32 Å². The van der Waals surface area contributed by atoms with E-state index in [4.69, 9.17) is 4.74 Å². The molecule has 3 heteroatoms. The van der Waals surface area contributed by atoms with E-state index in [1.807, 2.05) is 0 Å². The van der Waals surface area contributed by atoms with Crippen LogP contribution in [0.2, 0.25) is 0 Å². The van der Waals surface area contributed by atoms with Gasteiger partial charge in [-0.1, -0.05) is 6.42 Å². The highest BCUT2D eigenvalue weighted by molar-refractivity contribution is 4.71. The first-order valence-electron chi connectivity index (χ1n) is 4.80. The zero-order valence-electron chi connectivity index (χ0n) is 7.52. The van der Waals surface area contributed by atoms with E-state index in [2.05, 4.69) is 5.32 Å². The summed E-state index contributed by atoms with van der Waals surface area (Å²) in [5, 5.41) is 3.42. The van der Waals surface area contributed by atoms with Gasteiger partial charge in [-0.05, 0) is 25.8 Å². The molecule has 0 bridgehead atoms. The maximum absolute atomic E-state index is 11.6. The third-order valence-corrected chi connectivity index (χ3v) is 2.24. The highest BCUT2D eigenvalue weighted by Gasteiger charge is 2.11. The van der Waals surface area contributed by atoms with Crippen molar-refractivity contribution in [3.05, 3.63) is 0 Å². The summed E-state index contributed by atoms with van der Waals surface area (Å²) in [5.74, 6) is 0. The summed E-state index contributed by atoms with van der Waals surface area (Å²) in [6.07, 6.45) is 4.89. The molecule has 1 unspecified atom stereocenters. The van der Waals surface area contributed by atoms with Gasteiger partial charge in [0.1, 0.15) is 6.67 Å². The molecule has 0 aromatic rings. The smallest absolute Gasteiger partial charge is 0.113 e. The number of nitrogens with one attached hydrogen (secondary N) is 1. The highest BCUT2D eigenvalue weighted by Crippen LogP contribution is 2.09. The molecule has 72 valence electrons. The van der Waals surface area contributed by atoms with Gasteiger partial charge < -0.3 is 10.1 Å². The number of piperidine rings is 1. The van der Waals surface area contributed by atoms with Crippen molar-refractivity contribution in [3.8, 4) is 0 Å². The first-order chi connectivity index (χ1) is 5.93. The summed E-state index contributed by atoms with van der Waals surface area (Å²) in [7, 11) is 0. The standard InChI is InChI=1S/C9H18FNO/c10-5-8-12-7-4-9-3-1-2-6-11-9/h9,11H,1-8H2. The van der Waals surface area contributed by atoms with Crippen LogP contribution in [0.1, 0.15) is 25.7 Å². The van der Waals surface area contributed by atoms with E-state index in [9.17, 15) is 4.39 Å². The van der Waals surface area contributed by atoms with Gasteiger partial charge in [-0.25, -0.2) is 4.39 Å². The average Bonchev–Trinajstić information content (AvgIpc) is 2.14. The summed E-state index contributed by atoms with van der Waals surface area (Å²) >= 11 is 0. The Labute approximate surface area is 73.5 Å². The molecule has 0 amide bonds. The minimum Gasteiger partial charge on any atom is -0.379 e. The van der Waals surface area contributed by atoms with Gasteiger partial charge in [0.05, 0.1) is 6.61 Å². The molecular weight excluding hydrogens is 157 g/mol. The average molecular weight is 175 g/mol. The van der Waals surface area contributed by atoms with E-state index in [-0.39, 0.29) is 13.3 Å². The van der Waals surface area contributed by atoms with Gasteiger partial charge in [0.15, 0.2) is 0 Å². The molecule has 0 aromatic carbocycles. The predicted octanol–water partition coefficient (Wildman–Crippen LogP) is 1.50. The monoisotopic (exact) mass is 175 g/mol. The Kier molecular flexibility index (Phi) is 5.28. The molecular formula is C9H18FNO. The number of rotatable bonds is 5. The Hall–Kier alpha value is -0.150. The largest absolute Gasteiger partial charge is 0.379 e. The lowest BCUT2D eigenvalue weighted by Crippen LogP contribution is -2.34. The van der Waals surface area contributed by atoms with Crippen molar-refractivity contribution in [1.29, 1.82) is 0 Å². The van der Waals surface area contributed by atoms with Crippen molar-refractivity contribution >= 4 is 0 Å². The Morgan fingerprint density at radius 3 is 2.92 bits per heavy atom. The van der Waals surface area contributed by atoms with Gasteiger partial charge in [0.2, 0.25) is 0 Å². The van der Waals surface area contributed by atoms with Gasteiger partial charge >= 0.3 is 0 Å². The van der Waals surface area contributed by atoms with E-state index < -0.39 is 0 Å². The lowest BCUT2D eigenvalue weighted by atomic mass is 10.0. The minimum absolute atomic E-state index is 0.257. The molecule has 1 N–H and O–H groups in total. The predicted molar refractivity (Wildman–Crippen MR) is 47.1 cm³/mol. The van der Waals surface area contributed by atoms with Crippen LogP contribution in [0.5, 0.6) is 0 Å². The van der Waals surface area contributed by atoms with E-state index in [0.717, 1.165) is 13.0 Å². The van der Waals surface area contributed by atoms with E-state index >= 15 is 0 Å². The Balaban J connectivity index is 1.91. The van der Waals surface area contributed by atoms with Crippen molar-refractivity contribution in [2.75, 3.05) is 26.4 Å². The Morgan fingerprint density at radius 1 is 1.33 bits per heavy atom. The maximum Gasteiger partial charge on any atom is 0.113 e. The van der Waals surface area contributed by atoms with Crippen molar-refractivity contribution < 1.29 is 9.13 Å². The zero-order valence-corrected chi connectivity index (χ0v) is 7.52. The molecule has 1 aliphatic rings. The third-order valence-electron chi connectivity index (χ3n) is 2.24. The number of halogens is 1. The summed E-state index contributed by atoms with van der Waals surface area (Å²) in [6, 6.07) is 0.610. The fraction of sp³-hybridized carbons (Fsp3) is 1.00. The molecule has 0 radical (unpaired) electrons. The SMILES string of the molecule is FCCOCCC1CCCCN1. The quantitative estimate of drug-likeness (QED) is 0.639. The second-order valence-electron chi connectivity index (χ2n) is 3.24. The number of alkyl halides is 1. The summed E-state index contributed by atoms with van der Waals surface area (Å²) in [4.78, 5) is 0. The minimum atomic E-state index is -0.363. The van der Waals surface area contributed by atoms with E-state index in [1.165, 1.54) is 19.3 Å². The molecule has 1 aliphatic heterocycles. The van der Waals surface area contributed by atoms with E-state index in [0.29, 0.717) is 12.6 Å². The first kappa shape index (κ1) is 9.93.